The SMILES string of the molecule is C/C=C\C(=C/C)C1CC(=O)CC(c2ccccc2)N1C. The van der Waals surface area contributed by atoms with Crippen LogP contribution in [0.4, 0.5) is 0 Å². The number of benzene rings is 1. The Balaban J connectivity index is 2.30. The maximum Gasteiger partial charge on any atom is 0.136 e. The third-order valence-corrected chi connectivity index (χ3v) is 4.09. The molecule has 20 heavy (non-hydrogen) atoms. The molecule has 1 saturated heterocycles. The summed E-state index contributed by atoms with van der Waals surface area (Å²) in [4.78, 5) is 14.5. The summed E-state index contributed by atoms with van der Waals surface area (Å²) < 4.78 is 0. The number of carbonyl (C=O) groups is 1. The number of hydrogen-bond acceptors (Lipinski definition) is 2. The Morgan fingerprint density at radius 3 is 2.50 bits per heavy atom. The second kappa shape index (κ2) is 6.67. The molecule has 0 amide bonds. The first-order chi connectivity index (χ1) is 9.67. The molecule has 2 heteroatoms. The monoisotopic (exact) mass is 269 g/mol. The molecule has 0 aromatic heterocycles. The van der Waals surface area contributed by atoms with Crippen LogP contribution in [0.2, 0.25) is 0 Å². The minimum absolute atomic E-state index is 0.183. The van der Waals surface area contributed by atoms with Gasteiger partial charge in [-0.2, -0.15) is 0 Å². The van der Waals surface area contributed by atoms with Crippen LogP contribution in [0.25, 0.3) is 0 Å². The van der Waals surface area contributed by atoms with E-state index in [9.17, 15) is 4.79 Å². The van der Waals surface area contributed by atoms with Gasteiger partial charge in [-0.3, -0.25) is 9.69 Å². The highest BCUT2D eigenvalue weighted by molar-refractivity contribution is 5.81. The molecule has 1 aliphatic heterocycles. The highest BCUT2D eigenvalue weighted by Gasteiger charge is 2.33. The number of hydrogen-bond donors (Lipinski definition) is 0. The molecule has 0 radical (unpaired) electrons. The van der Waals surface area contributed by atoms with E-state index in [4.69, 9.17) is 0 Å². The fourth-order valence-corrected chi connectivity index (χ4v) is 2.99. The van der Waals surface area contributed by atoms with Gasteiger partial charge in [0.15, 0.2) is 0 Å². The van der Waals surface area contributed by atoms with Gasteiger partial charge in [0.25, 0.3) is 0 Å². The van der Waals surface area contributed by atoms with Gasteiger partial charge in [-0.15, -0.1) is 0 Å². The number of piperidine rings is 1. The Morgan fingerprint density at radius 1 is 1.20 bits per heavy atom. The Bertz CT molecular complexity index is 515. The molecule has 1 heterocycles. The van der Waals surface area contributed by atoms with Gasteiger partial charge >= 0.3 is 0 Å². The van der Waals surface area contributed by atoms with E-state index < -0.39 is 0 Å². The molecule has 0 N–H and O–H groups in total. The van der Waals surface area contributed by atoms with Gasteiger partial charge in [-0.1, -0.05) is 48.6 Å². The number of nitrogens with zero attached hydrogens (tertiary/aromatic N) is 1. The van der Waals surface area contributed by atoms with E-state index in [-0.39, 0.29) is 12.1 Å². The molecule has 0 aliphatic carbocycles. The van der Waals surface area contributed by atoms with E-state index >= 15 is 0 Å². The van der Waals surface area contributed by atoms with Gasteiger partial charge < -0.3 is 0 Å². The number of allylic oxidation sites excluding steroid dienone is 2. The molecule has 0 saturated carbocycles. The predicted molar refractivity (Wildman–Crippen MR) is 83.5 cm³/mol. The van der Waals surface area contributed by atoms with Crippen molar-refractivity contribution < 1.29 is 4.79 Å². The lowest BCUT2D eigenvalue weighted by Gasteiger charge is -2.39. The van der Waals surface area contributed by atoms with Crippen molar-refractivity contribution in [1.29, 1.82) is 0 Å². The zero-order valence-corrected chi connectivity index (χ0v) is 12.5. The van der Waals surface area contributed by atoms with Crippen LogP contribution in [0.3, 0.4) is 0 Å². The molecule has 2 rings (SSSR count). The maximum absolute atomic E-state index is 12.1. The first kappa shape index (κ1) is 14.7. The topological polar surface area (TPSA) is 20.3 Å². The Morgan fingerprint density at radius 2 is 1.90 bits per heavy atom. The molecule has 1 aromatic rings. The highest BCUT2D eigenvalue weighted by atomic mass is 16.1. The van der Waals surface area contributed by atoms with Gasteiger partial charge in [0, 0.05) is 24.9 Å². The summed E-state index contributed by atoms with van der Waals surface area (Å²) in [6, 6.07) is 10.7. The van der Waals surface area contributed by atoms with E-state index in [0.29, 0.717) is 18.6 Å². The van der Waals surface area contributed by atoms with Crippen LogP contribution in [-0.4, -0.2) is 23.8 Å². The minimum Gasteiger partial charge on any atom is -0.300 e. The number of Topliss-reactive ketones (excluding diaryl/α,β-unsaturated/α-hetero) is 1. The minimum atomic E-state index is 0.183. The smallest absolute Gasteiger partial charge is 0.136 e. The second-order valence-corrected chi connectivity index (χ2v) is 5.34. The third-order valence-electron chi connectivity index (χ3n) is 4.09. The van der Waals surface area contributed by atoms with Gasteiger partial charge in [0.05, 0.1) is 0 Å². The van der Waals surface area contributed by atoms with Crippen molar-refractivity contribution in [3.8, 4) is 0 Å². The van der Waals surface area contributed by atoms with E-state index in [1.54, 1.807) is 0 Å². The van der Waals surface area contributed by atoms with Crippen molar-refractivity contribution >= 4 is 5.78 Å². The molecule has 1 aromatic carbocycles. The molecule has 106 valence electrons. The van der Waals surface area contributed by atoms with Crippen LogP contribution in [-0.2, 0) is 4.79 Å². The van der Waals surface area contributed by atoms with Crippen LogP contribution >= 0.6 is 0 Å². The fourth-order valence-electron chi connectivity index (χ4n) is 2.99. The van der Waals surface area contributed by atoms with E-state index in [1.165, 1.54) is 11.1 Å². The summed E-state index contributed by atoms with van der Waals surface area (Å²) in [6.45, 7) is 4.06. The first-order valence-electron chi connectivity index (χ1n) is 7.24. The average Bonchev–Trinajstić information content (AvgIpc) is 2.48. The predicted octanol–water partition coefficient (Wildman–Crippen LogP) is 3.91. The maximum atomic E-state index is 12.1. The second-order valence-electron chi connectivity index (χ2n) is 5.34. The van der Waals surface area contributed by atoms with Crippen LogP contribution in [0.1, 0.15) is 38.3 Å². The first-order valence-corrected chi connectivity index (χ1v) is 7.24. The molecule has 1 fully saturated rings. The Hall–Kier alpha value is -1.67. The molecular formula is C18H23NO. The van der Waals surface area contributed by atoms with Crippen LogP contribution < -0.4 is 0 Å². The summed E-state index contributed by atoms with van der Waals surface area (Å²) in [5.74, 6) is 0.353. The number of rotatable bonds is 3. The van der Waals surface area contributed by atoms with Crippen molar-refractivity contribution in [3.05, 3.63) is 59.7 Å². The molecule has 2 nitrogen and oxygen atoms in total. The largest absolute Gasteiger partial charge is 0.300 e. The quantitative estimate of drug-likeness (QED) is 0.775. The summed E-state index contributed by atoms with van der Waals surface area (Å²) >= 11 is 0. The lowest BCUT2D eigenvalue weighted by molar-refractivity contribution is -0.124. The number of ketones is 1. The van der Waals surface area contributed by atoms with Crippen molar-refractivity contribution in [3.63, 3.8) is 0 Å². The fraction of sp³-hybridized carbons (Fsp3) is 0.389. The van der Waals surface area contributed by atoms with E-state index in [1.807, 2.05) is 38.1 Å². The molecular weight excluding hydrogens is 246 g/mol. The van der Waals surface area contributed by atoms with Crippen LogP contribution in [0.5, 0.6) is 0 Å². The summed E-state index contributed by atoms with van der Waals surface area (Å²) in [5, 5.41) is 0. The number of likely N-dealkylation sites (tertiary alicyclic amines) is 1. The van der Waals surface area contributed by atoms with Crippen LogP contribution in [0, 0.1) is 0 Å². The lowest BCUT2D eigenvalue weighted by atomic mass is 9.87. The average molecular weight is 269 g/mol. The zero-order valence-electron chi connectivity index (χ0n) is 12.5. The van der Waals surface area contributed by atoms with E-state index in [0.717, 1.165) is 0 Å². The molecule has 0 spiro atoms. The van der Waals surface area contributed by atoms with Crippen LogP contribution in [0.15, 0.2) is 54.1 Å². The number of carbonyl (C=O) groups excluding carboxylic acids is 1. The van der Waals surface area contributed by atoms with E-state index in [2.05, 4.69) is 36.2 Å². The molecule has 2 unspecified atom stereocenters. The molecule has 0 bridgehead atoms. The normalized spacial score (nSPS) is 25.4. The highest BCUT2D eigenvalue weighted by Crippen LogP contribution is 2.34. The van der Waals surface area contributed by atoms with Crippen molar-refractivity contribution in [2.45, 2.75) is 38.8 Å². The lowest BCUT2D eigenvalue weighted by Crippen LogP contribution is -2.43. The van der Waals surface area contributed by atoms with Gasteiger partial charge in [0.2, 0.25) is 0 Å². The van der Waals surface area contributed by atoms with Crippen molar-refractivity contribution in [2.24, 2.45) is 0 Å². The third kappa shape index (κ3) is 3.07. The number of likely N-dealkylation sites (N-methyl/N-ethyl adjacent to an activating group) is 1. The summed E-state index contributed by atoms with van der Waals surface area (Å²) in [5.41, 5.74) is 2.45. The van der Waals surface area contributed by atoms with Crippen molar-refractivity contribution in [2.75, 3.05) is 7.05 Å². The van der Waals surface area contributed by atoms with Crippen molar-refractivity contribution in [1.82, 2.24) is 4.90 Å². The molecule has 1 aliphatic rings. The summed E-state index contributed by atoms with van der Waals surface area (Å²) in [6.07, 6.45) is 7.50. The Labute approximate surface area is 121 Å². The van der Waals surface area contributed by atoms with Gasteiger partial charge in [-0.25, -0.2) is 0 Å². The Kier molecular flexibility index (Phi) is 4.91. The van der Waals surface area contributed by atoms with Gasteiger partial charge in [-0.05, 0) is 32.0 Å². The van der Waals surface area contributed by atoms with Gasteiger partial charge in [0.1, 0.15) is 5.78 Å². The molecule has 2 atom stereocenters. The summed E-state index contributed by atoms with van der Waals surface area (Å²) in [7, 11) is 2.13. The standard InChI is InChI=1S/C18H23NO/c1-4-9-14(5-2)17-12-16(20)13-18(19(17)3)15-10-7-6-8-11-15/h4-11,17-18H,12-13H2,1-3H3/b9-4-,14-5+. The zero-order chi connectivity index (χ0) is 14.5.